The van der Waals surface area contributed by atoms with Crippen molar-refractivity contribution in [3.05, 3.63) is 35.9 Å². The van der Waals surface area contributed by atoms with Gasteiger partial charge >= 0.3 is 5.97 Å². The highest BCUT2D eigenvalue weighted by molar-refractivity contribution is 5.89. The molecule has 5 aliphatic carbocycles. The van der Waals surface area contributed by atoms with E-state index in [0.29, 0.717) is 19.5 Å². The van der Waals surface area contributed by atoms with Gasteiger partial charge in [0.2, 0.25) is 0 Å². The number of hydrogen-bond acceptors (Lipinski definition) is 11. The molecule has 11 heteroatoms. The Morgan fingerprint density at radius 3 is 2.36 bits per heavy atom. The quantitative estimate of drug-likeness (QED) is 0.259. The van der Waals surface area contributed by atoms with Gasteiger partial charge in [-0.1, -0.05) is 25.1 Å². The van der Waals surface area contributed by atoms with E-state index in [9.17, 15) is 30.3 Å². The number of aliphatic hydroxyl groups is 5. The predicted molar refractivity (Wildman–Crippen MR) is 146 cm³/mol. The lowest BCUT2D eigenvalue weighted by atomic mass is 9.42. The van der Waals surface area contributed by atoms with Gasteiger partial charge in [-0.25, -0.2) is 4.79 Å². The van der Waals surface area contributed by atoms with Crippen LogP contribution in [0.25, 0.3) is 0 Å². The second kappa shape index (κ2) is 9.42. The first-order valence-corrected chi connectivity index (χ1v) is 15.1. The van der Waals surface area contributed by atoms with E-state index in [1.165, 1.54) is 0 Å². The van der Waals surface area contributed by atoms with Gasteiger partial charge < -0.3 is 44.5 Å². The van der Waals surface area contributed by atoms with Crippen LogP contribution in [-0.2, 0) is 18.9 Å². The molecular formula is C31H43NO10. The molecule has 1 saturated heterocycles. The van der Waals surface area contributed by atoms with Gasteiger partial charge in [0.05, 0.1) is 30.5 Å². The van der Waals surface area contributed by atoms with Crippen molar-refractivity contribution in [1.29, 1.82) is 0 Å². The van der Waals surface area contributed by atoms with Crippen LogP contribution in [0.1, 0.15) is 30.1 Å². The first-order chi connectivity index (χ1) is 20.0. The summed E-state index contributed by atoms with van der Waals surface area (Å²) >= 11 is 0. The summed E-state index contributed by atoms with van der Waals surface area (Å²) < 4.78 is 24.4. The first kappa shape index (κ1) is 29.1. The number of aliphatic hydroxyl groups excluding tert-OH is 3. The van der Waals surface area contributed by atoms with E-state index in [1.54, 1.807) is 51.7 Å². The summed E-state index contributed by atoms with van der Waals surface area (Å²) in [7, 11) is 4.80. The van der Waals surface area contributed by atoms with Crippen molar-refractivity contribution >= 4 is 5.97 Å². The molecule has 1 aromatic carbocycles. The molecule has 1 spiro atoms. The second-order valence-corrected chi connectivity index (χ2v) is 13.7. The lowest BCUT2D eigenvalue weighted by Crippen LogP contribution is -2.81. The van der Waals surface area contributed by atoms with Crippen molar-refractivity contribution in [3.63, 3.8) is 0 Å². The number of benzene rings is 1. The van der Waals surface area contributed by atoms with Gasteiger partial charge in [0.1, 0.15) is 29.5 Å². The minimum Gasteiger partial charge on any atom is -0.455 e. The van der Waals surface area contributed by atoms with Gasteiger partial charge in [-0.2, -0.15) is 0 Å². The van der Waals surface area contributed by atoms with Crippen LogP contribution < -0.4 is 0 Å². The van der Waals surface area contributed by atoms with Crippen molar-refractivity contribution in [1.82, 2.24) is 4.90 Å². The zero-order valence-electron chi connectivity index (χ0n) is 24.5. The minimum atomic E-state index is -2.02. The molecule has 15 atom stereocenters. The van der Waals surface area contributed by atoms with Crippen LogP contribution in [0.4, 0.5) is 0 Å². The molecule has 42 heavy (non-hydrogen) atoms. The van der Waals surface area contributed by atoms with Gasteiger partial charge in [0.25, 0.3) is 0 Å². The molecule has 232 valence electrons. The topological polar surface area (TPSA) is 158 Å². The van der Waals surface area contributed by atoms with E-state index in [2.05, 4.69) is 4.90 Å². The number of methoxy groups -OCH3 is 3. The lowest BCUT2D eigenvalue weighted by Gasteiger charge is -2.70. The van der Waals surface area contributed by atoms with E-state index in [0.717, 1.165) is 0 Å². The van der Waals surface area contributed by atoms with E-state index < -0.39 is 82.4 Å². The number of fused-ring (bicyclic) bond motifs is 2. The summed E-state index contributed by atoms with van der Waals surface area (Å²) in [5.41, 5.74) is -5.30. The molecule has 1 aromatic rings. The zero-order chi connectivity index (χ0) is 30.0. The summed E-state index contributed by atoms with van der Waals surface area (Å²) in [6.07, 6.45) is -6.48. The molecule has 11 nitrogen and oxygen atoms in total. The van der Waals surface area contributed by atoms with Crippen LogP contribution in [0, 0.1) is 34.5 Å². The normalized spacial score (nSPS) is 53.7. The monoisotopic (exact) mass is 589 g/mol. The molecule has 1 heterocycles. The zero-order valence-corrected chi connectivity index (χ0v) is 24.5. The van der Waals surface area contributed by atoms with Gasteiger partial charge in [0.15, 0.2) is 0 Å². The fourth-order valence-corrected chi connectivity index (χ4v) is 11.6. The van der Waals surface area contributed by atoms with Crippen molar-refractivity contribution < 1.29 is 49.3 Å². The van der Waals surface area contributed by atoms with Crippen LogP contribution in [0.3, 0.4) is 0 Å². The summed E-state index contributed by atoms with van der Waals surface area (Å²) in [6.45, 7) is 3.34. The first-order valence-electron chi connectivity index (χ1n) is 15.1. The summed E-state index contributed by atoms with van der Waals surface area (Å²) in [5.74, 6) is -3.29. The molecule has 5 saturated carbocycles. The van der Waals surface area contributed by atoms with Crippen molar-refractivity contribution in [2.24, 2.45) is 34.5 Å². The van der Waals surface area contributed by atoms with Crippen molar-refractivity contribution in [2.75, 3.05) is 41.0 Å². The highest BCUT2D eigenvalue weighted by Crippen LogP contribution is 2.80. The molecule has 5 N–H and O–H groups in total. The predicted octanol–water partition coefficient (Wildman–Crippen LogP) is -0.577. The Balaban J connectivity index is 1.47. The highest BCUT2D eigenvalue weighted by atomic mass is 16.6. The van der Waals surface area contributed by atoms with Crippen LogP contribution >= 0.6 is 0 Å². The number of esters is 1. The number of rotatable bonds is 7. The van der Waals surface area contributed by atoms with Gasteiger partial charge in [-0.15, -0.1) is 0 Å². The molecule has 8 unspecified atom stereocenters. The number of nitrogens with zero attached hydrogens (tertiary/aromatic N) is 1. The number of ether oxygens (including phenoxy) is 4. The molecular weight excluding hydrogens is 546 g/mol. The number of carbonyl (C=O) groups excluding carboxylic acids is 1. The maximum atomic E-state index is 13.4. The molecule has 0 amide bonds. The van der Waals surface area contributed by atoms with Crippen molar-refractivity contribution in [3.8, 4) is 0 Å². The Morgan fingerprint density at radius 1 is 1.02 bits per heavy atom. The number of piperidine rings is 1. The molecule has 7 rings (SSSR count). The summed E-state index contributed by atoms with van der Waals surface area (Å²) in [4.78, 5) is 15.7. The average molecular weight is 590 g/mol. The Morgan fingerprint density at radius 2 is 1.74 bits per heavy atom. The molecule has 0 radical (unpaired) electrons. The third-order valence-corrected chi connectivity index (χ3v) is 12.7. The standard InChI is InChI=1S/C31H43NO10/c1-5-32-13-28(14-39-2)17(33)11-18(40-3)30-16-12-29(37)24(34)25(35)31(38,20(23(30)32)21(41-4)22(28)30)19(16)26(29)42-27(36)15-9-7-6-8-10-15/h6-10,16-26,33-35,37-38H,5,11-14H2,1-4H3/t16-,17?,18?,19-,20?,21?,22+,23?,24?,25?,26?,28-,29-,30+,31+/m1/s1. The fourth-order valence-electron chi connectivity index (χ4n) is 11.6. The molecule has 6 aliphatic rings. The Hall–Kier alpha value is -1.67. The van der Waals surface area contributed by atoms with E-state index in [1.807, 2.05) is 6.92 Å². The van der Waals surface area contributed by atoms with Crippen LogP contribution in [0.5, 0.6) is 0 Å². The Kier molecular flexibility index (Phi) is 6.52. The van der Waals surface area contributed by atoms with E-state index in [-0.39, 0.29) is 30.6 Å². The molecule has 1 aliphatic heterocycles. The van der Waals surface area contributed by atoms with E-state index >= 15 is 0 Å². The third-order valence-electron chi connectivity index (χ3n) is 12.7. The lowest BCUT2D eigenvalue weighted by molar-refractivity contribution is -0.318. The SMILES string of the molecule is CCN1C[C@@]2(COC)C(O)CC(OC)[C@]34C1C(C(OC)[C@@H]23)[C@]1(O)C(O)C(O)[C@]2(O)C[C@@H]4[C@@H]1C2OC(=O)c1ccccc1. The van der Waals surface area contributed by atoms with Gasteiger partial charge in [0, 0.05) is 68.9 Å². The maximum Gasteiger partial charge on any atom is 0.338 e. The minimum absolute atomic E-state index is 0.0301. The Bertz CT molecular complexity index is 1240. The number of carbonyl (C=O) groups is 1. The van der Waals surface area contributed by atoms with Gasteiger partial charge in [-0.3, -0.25) is 4.90 Å². The number of hydrogen-bond donors (Lipinski definition) is 5. The fraction of sp³-hybridized carbons (Fsp3) is 0.774. The third kappa shape index (κ3) is 3.05. The second-order valence-electron chi connectivity index (χ2n) is 13.7. The van der Waals surface area contributed by atoms with Crippen LogP contribution in [0.15, 0.2) is 30.3 Å². The summed E-state index contributed by atoms with van der Waals surface area (Å²) in [5, 5.41) is 60.4. The maximum absolute atomic E-state index is 13.4. The largest absolute Gasteiger partial charge is 0.455 e. The van der Waals surface area contributed by atoms with Crippen molar-refractivity contribution in [2.45, 2.75) is 73.6 Å². The summed E-state index contributed by atoms with van der Waals surface area (Å²) in [6, 6.07) is 8.03. The highest BCUT2D eigenvalue weighted by Gasteiger charge is 2.91. The van der Waals surface area contributed by atoms with Crippen LogP contribution in [-0.4, -0.2) is 131 Å². The smallest absolute Gasteiger partial charge is 0.338 e. The van der Waals surface area contributed by atoms with Crippen LogP contribution in [0.2, 0.25) is 0 Å². The molecule has 0 aromatic heterocycles. The Labute approximate surface area is 245 Å². The molecule has 7 bridgehead atoms. The van der Waals surface area contributed by atoms with E-state index in [4.69, 9.17) is 18.9 Å². The average Bonchev–Trinajstić information content (AvgIpc) is 3.38. The number of likely N-dealkylation sites (tertiary alicyclic amines) is 1. The molecule has 6 fully saturated rings. The van der Waals surface area contributed by atoms with Gasteiger partial charge in [-0.05, 0) is 31.0 Å².